The summed E-state index contributed by atoms with van der Waals surface area (Å²) in [4.78, 5) is 24.0. The van der Waals surface area contributed by atoms with Gasteiger partial charge >= 0.3 is 0 Å². The fourth-order valence-electron chi connectivity index (χ4n) is 4.25. The number of hydrogen-bond acceptors (Lipinski definition) is 6. The first-order valence-electron chi connectivity index (χ1n) is 11.3. The van der Waals surface area contributed by atoms with E-state index in [0.717, 1.165) is 12.1 Å². The molecule has 1 unspecified atom stereocenters. The second-order valence-electron chi connectivity index (χ2n) is 8.48. The van der Waals surface area contributed by atoms with Crippen LogP contribution in [0.1, 0.15) is 18.5 Å². The van der Waals surface area contributed by atoms with Gasteiger partial charge in [-0.3, -0.25) is 14.7 Å². The van der Waals surface area contributed by atoms with Gasteiger partial charge in [0, 0.05) is 19.3 Å². The summed E-state index contributed by atoms with van der Waals surface area (Å²) < 4.78 is 55.9. The molecule has 1 amide bonds. The Morgan fingerprint density at radius 2 is 1.89 bits per heavy atom. The number of anilines is 1. The maximum atomic E-state index is 14.3. The van der Waals surface area contributed by atoms with Gasteiger partial charge in [-0.1, -0.05) is 23.5 Å². The maximum absolute atomic E-state index is 14.3. The Balaban J connectivity index is 1.45. The number of fused-ring (bicyclic) bond motifs is 1. The van der Waals surface area contributed by atoms with Crippen molar-refractivity contribution in [1.82, 2.24) is 14.3 Å². The number of rotatable bonds is 6. The lowest BCUT2D eigenvalue weighted by molar-refractivity contribution is -0.123. The monoisotopic (exact) mass is 528 g/mol. The smallest absolute Gasteiger partial charge is 0.243 e. The van der Waals surface area contributed by atoms with Gasteiger partial charge in [-0.05, 0) is 61.4 Å². The number of sulfonamides is 1. The normalized spacial score (nSPS) is 16.8. The third kappa shape index (κ3) is 4.86. The number of aromatic nitrogens is 2. The van der Waals surface area contributed by atoms with Crippen molar-refractivity contribution in [3.63, 3.8) is 0 Å². The van der Waals surface area contributed by atoms with E-state index in [1.807, 2.05) is 0 Å². The van der Waals surface area contributed by atoms with Crippen LogP contribution in [0.15, 0.2) is 71.8 Å². The van der Waals surface area contributed by atoms with Crippen molar-refractivity contribution in [2.75, 3.05) is 18.0 Å². The van der Waals surface area contributed by atoms with E-state index < -0.39 is 27.6 Å². The standard InChI is InChI=1S/C25H22F2N4O3S2/c26-18-9-11-20(12-10-18)36(33,34)30-14-4-5-17(15-30)24(32)31(16-19-6-1-2-13-28-19)25-29-23-21(27)7-3-8-22(23)35-25/h1-3,6-13,17H,4-5,14-16H2. The fraction of sp³-hybridized carbons (Fsp3) is 0.240. The molecule has 2 aromatic carbocycles. The number of thiazole rings is 1. The first-order valence-corrected chi connectivity index (χ1v) is 13.6. The molecule has 3 heterocycles. The number of amides is 1. The third-order valence-corrected chi connectivity index (χ3v) is 9.01. The van der Waals surface area contributed by atoms with Crippen molar-refractivity contribution < 1.29 is 22.0 Å². The molecule has 1 fully saturated rings. The molecule has 0 radical (unpaired) electrons. The lowest BCUT2D eigenvalue weighted by Gasteiger charge is -2.33. The zero-order chi connectivity index (χ0) is 25.3. The van der Waals surface area contributed by atoms with Crippen LogP contribution in [0.4, 0.5) is 13.9 Å². The van der Waals surface area contributed by atoms with Crippen LogP contribution in [-0.2, 0) is 21.4 Å². The van der Waals surface area contributed by atoms with Gasteiger partial charge in [0.1, 0.15) is 17.2 Å². The summed E-state index contributed by atoms with van der Waals surface area (Å²) in [5.74, 6) is -1.94. The molecule has 1 aliphatic rings. The Kier molecular flexibility index (Phi) is 6.78. The average molecular weight is 529 g/mol. The molecule has 0 bridgehead atoms. The van der Waals surface area contributed by atoms with Gasteiger partial charge < -0.3 is 0 Å². The molecular formula is C25H22F2N4O3S2. The van der Waals surface area contributed by atoms with Crippen molar-refractivity contribution in [1.29, 1.82) is 0 Å². The summed E-state index contributed by atoms with van der Waals surface area (Å²) in [5.41, 5.74) is 0.803. The van der Waals surface area contributed by atoms with E-state index in [4.69, 9.17) is 0 Å². The van der Waals surface area contributed by atoms with Crippen LogP contribution < -0.4 is 4.90 Å². The summed E-state index contributed by atoms with van der Waals surface area (Å²) in [6.07, 6.45) is 2.60. The molecule has 4 aromatic rings. The molecule has 11 heteroatoms. The second-order valence-corrected chi connectivity index (χ2v) is 11.4. The summed E-state index contributed by atoms with van der Waals surface area (Å²) in [5, 5.41) is 0.323. The van der Waals surface area contributed by atoms with Crippen LogP contribution in [0.5, 0.6) is 0 Å². The molecule has 1 atom stereocenters. The number of halogens is 2. The minimum atomic E-state index is -3.90. The Labute approximate surface area is 211 Å². The zero-order valence-electron chi connectivity index (χ0n) is 19.0. The van der Waals surface area contributed by atoms with E-state index >= 15 is 0 Å². The van der Waals surface area contributed by atoms with Crippen LogP contribution >= 0.6 is 11.3 Å². The molecule has 7 nitrogen and oxygen atoms in total. The molecule has 36 heavy (non-hydrogen) atoms. The van der Waals surface area contributed by atoms with Crippen molar-refractivity contribution >= 4 is 42.6 Å². The van der Waals surface area contributed by atoms with E-state index in [0.29, 0.717) is 28.4 Å². The van der Waals surface area contributed by atoms with Crippen LogP contribution in [0, 0.1) is 17.6 Å². The summed E-state index contributed by atoms with van der Waals surface area (Å²) in [7, 11) is -3.90. The number of pyridine rings is 1. The van der Waals surface area contributed by atoms with Crippen molar-refractivity contribution in [3.8, 4) is 0 Å². The molecular weight excluding hydrogens is 506 g/mol. The number of nitrogens with zero attached hydrogens (tertiary/aromatic N) is 4. The molecule has 0 N–H and O–H groups in total. The summed E-state index contributed by atoms with van der Waals surface area (Å²) in [6.45, 7) is 0.356. The lowest BCUT2D eigenvalue weighted by atomic mass is 9.98. The number of carbonyl (C=O) groups is 1. The zero-order valence-corrected chi connectivity index (χ0v) is 20.7. The SMILES string of the molecule is O=C(C1CCCN(S(=O)(=O)c2ccc(F)cc2)C1)N(Cc1ccccn1)c1nc2c(F)cccc2s1. The Bertz CT molecular complexity index is 1500. The third-order valence-electron chi connectivity index (χ3n) is 6.09. The quantitative estimate of drug-likeness (QED) is 0.365. The van der Waals surface area contributed by atoms with E-state index in [9.17, 15) is 22.0 Å². The van der Waals surface area contributed by atoms with E-state index in [1.54, 1.807) is 36.5 Å². The predicted octanol–water partition coefficient (Wildman–Crippen LogP) is 4.60. The lowest BCUT2D eigenvalue weighted by Crippen LogP contribution is -2.46. The minimum absolute atomic E-state index is 0.0173. The number of hydrogen-bond donors (Lipinski definition) is 0. The number of benzene rings is 2. The van der Waals surface area contributed by atoms with Crippen LogP contribution in [-0.4, -0.2) is 41.7 Å². The van der Waals surface area contributed by atoms with Crippen LogP contribution in [0.25, 0.3) is 10.2 Å². The van der Waals surface area contributed by atoms with E-state index in [2.05, 4.69) is 9.97 Å². The Morgan fingerprint density at radius 1 is 1.08 bits per heavy atom. The Hall–Kier alpha value is -3.28. The highest BCUT2D eigenvalue weighted by molar-refractivity contribution is 7.89. The van der Waals surface area contributed by atoms with Gasteiger partial charge in [-0.2, -0.15) is 4.31 Å². The highest BCUT2D eigenvalue weighted by Gasteiger charge is 2.36. The molecule has 1 aliphatic heterocycles. The molecule has 0 aliphatic carbocycles. The van der Waals surface area contributed by atoms with Gasteiger partial charge in [0.25, 0.3) is 0 Å². The Morgan fingerprint density at radius 3 is 2.61 bits per heavy atom. The first-order chi connectivity index (χ1) is 17.3. The minimum Gasteiger partial charge on any atom is -0.282 e. The fourth-order valence-corrected chi connectivity index (χ4v) is 6.76. The molecule has 0 saturated carbocycles. The summed E-state index contributed by atoms with van der Waals surface area (Å²) in [6, 6.07) is 14.6. The predicted molar refractivity (Wildman–Crippen MR) is 133 cm³/mol. The second kappa shape index (κ2) is 10.00. The number of para-hydroxylation sites is 1. The molecule has 186 valence electrons. The molecule has 1 saturated heterocycles. The van der Waals surface area contributed by atoms with E-state index in [-0.39, 0.29) is 36.0 Å². The highest BCUT2D eigenvalue weighted by atomic mass is 32.2. The molecule has 5 rings (SSSR count). The van der Waals surface area contributed by atoms with Gasteiger partial charge in [-0.15, -0.1) is 0 Å². The average Bonchev–Trinajstić information content (AvgIpc) is 3.33. The topological polar surface area (TPSA) is 83.5 Å². The first kappa shape index (κ1) is 24.4. The van der Waals surface area contributed by atoms with Crippen LogP contribution in [0.2, 0.25) is 0 Å². The number of piperidine rings is 1. The molecule has 0 spiro atoms. The van der Waals surface area contributed by atoms with Gasteiger partial charge in [0.2, 0.25) is 15.9 Å². The van der Waals surface area contributed by atoms with Gasteiger partial charge in [0.05, 0.1) is 27.8 Å². The largest absolute Gasteiger partial charge is 0.282 e. The van der Waals surface area contributed by atoms with E-state index in [1.165, 1.54) is 38.7 Å². The maximum Gasteiger partial charge on any atom is 0.243 e. The highest BCUT2D eigenvalue weighted by Crippen LogP contribution is 2.33. The van der Waals surface area contributed by atoms with Crippen LogP contribution in [0.3, 0.4) is 0 Å². The van der Waals surface area contributed by atoms with Gasteiger partial charge in [0.15, 0.2) is 5.13 Å². The molecule has 2 aromatic heterocycles. The summed E-state index contributed by atoms with van der Waals surface area (Å²) >= 11 is 1.19. The van der Waals surface area contributed by atoms with Gasteiger partial charge in [-0.25, -0.2) is 22.2 Å². The van der Waals surface area contributed by atoms with Crippen molar-refractivity contribution in [2.24, 2.45) is 5.92 Å². The number of carbonyl (C=O) groups excluding carboxylic acids is 1. The van der Waals surface area contributed by atoms with Crippen molar-refractivity contribution in [3.05, 3.63) is 84.2 Å². The van der Waals surface area contributed by atoms with Crippen molar-refractivity contribution in [2.45, 2.75) is 24.3 Å².